The Morgan fingerprint density at radius 2 is 2.05 bits per heavy atom. The molecule has 0 spiro atoms. The summed E-state index contributed by atoms with van der Waals surface area (Å²) in [7, 11) is 1.64. The van der Waals surface area contributed by atoms with Gasteiger partial charge >= 0.3 is 0 Å². The number of halogens is 1. The second-order valence-electron chi connectivity index (χ2n) is 4.76. The van der Waals surface area contributed by atoms with Gasteiger partial charge in [-0.25, -0.2) is 4.98 Å². The number of hydrogen-bond donors (Lipinski definition) is 0. The molecule has 0 fully saturated rings. The van der Waals surface area contributed by atoms with Gasteiger partial charge in [0.2, 0.25) is 0 Å². The number of fused-ring (bicyclic) bond motifs is 1. The summed E-state index contributed by atoms with van der Waals surface area (Å²) in [5.41, 5.74) is 1.77. The number of aromatic nitrogens is 1. The van der Waals surface area contributed by atoms with E-state index in [1.54, 1.807) is 7.11 Å². The molecule has 1 heterocycles. The van der Waals surface area contributed by atoms with Gasteiger partial charge < -0.3 is 9.47 Å². The molecule has 2 aromatic rings. The molecule has 0 bridgehead atoms. The molecule has 0 atom stereocenters. The molecule has 0 aliphatic heterocycles. The van der Waals surface area contributed by atoms with Crippen molar-refractivity contribution in [3.8, 4) is 5.75 Å². The van der Waals surface area contributed by atoms with Crippen LogP contribution in [0.25, 0.3) is 10.9 Å². The normalized spacial score (nSPS) is 10.9. The predicted octanol–water partition coefficient (Wildman–Crippen LogP) is 4.60. The van der Waals surface area contributed by atoms with Gasteiger partial charge in [0.1, 0.15) is 10.9 Å². The minimum Gasteiger partial charge on any atom is -0.497 e. The van der Waals surface area contributed by atoms with E-state index in [9.17, 15) is 0 Å². The number of pyridine rings is 1. The quantitative estimate of drug-likeness (QED) is 0.552. The molecule has 0 aliphatic rings. The molecule has 0 amide bonds. The Morgan fingerprint density at radius 3 is 2.80 bits per heavy atom. The number of ether oxygens (including phenoxy) is 2. The van der Waals surface area contributed by atoms with E-state index in [0.717, 1.165) is 35.2 Å². The summed E-state index contributed by atoms with van der Waals surface area (Å²) in [6, 6.07) is 7.82. The van der Waals surface area contributed by atoms with Gasteiger partial charge in [-0.15, -0.1) is 0 Å². The van der Waals surface area contributed by atoms with Gasteiger partial charge in [-0.1, -0.05) is 31.4 Å². The Kier molecular flexibility index (Phi) is 5.62. The van der Waals surface area contributed by atoms with Crippen molar-refractivity contribution < 1.29 is 9.47 Å². The highest BCUT2D eigenvalue weighted by molar-refractivity contribution is 6.30. The van der Waals surface area contributed by atoms with Crippen LogP contribution in [0.1, 0.15) is 31.7 Å². The number of unbranched alkanes of at least 4 members (excludes halogenated alkanes) is 2. The monoisotopic (exact) mass is 293 g/mol. The van der Waals surface area contributed by atoms with Crippen molar-refractivity contribution in [1.82, 2.24) is 4.98 Å². The second kappa shape index (κ2) is 7.46. The highest BCUT2D eigenvalue weighted by Gasteiger charge is 2.06. The van der Waals surface area contributed by atoms with Crippen molar-refractivity contribution in [3.05, 3.63) is 35.0 Å². The lowest BCUT2D eigenvalue weighted by Gasteiger charge is -2.08. The first-order valence-corrected chi connectivity index (χ1v) is 7.33. The summed E-state index contributed by atoms with van der Waals surface area (Å²) in [6.45, 7) is 3.46. The van der Waals surface area contributed by atoms with Crippen LogP contribution in [-0.4, -0.2) is 18.7 Å². The molecular weight excluding hydrogens is 274 g/mol. The van der Waals surface area contributed by atoms with Crippen LogP contribution in [0.2, 0.25) is 5.15 Å². The van der Waals surface area contributed by atoms with E-state index in [0.29, 0.717) is 11.8 Å². The highest BCUT2D eigenvalue weighted by Crippen LogP contribution is 2.24. The average molecular weight is 294 g/mol. The van der Waals surface area contributed by atoms with Crippen molar-refractivity contribution in [3.63, 3.8) is 0 Å². The van der Waals surface area contributed by atoms with Crippen LogP contribution in [-0.2, 0) is 11.3 Å². The molecule has 4 heteroatoms. The lowest BCUT2D eigenvalue weighted by Crippen LogP contribution is -1.98. The van der Waals surface area contributed by atoms with E-state index in [4.69, 9.17) is 21.1 Å². The Bertz CT molecular complexity index is 572. The minimum atomic E-state index is 0.501. The molecule has 0 saturated heterocycles. The molecule has 108 valence electrons. The van der Waals surface area contributed by atoms with Crippen molar-refractivity contribution in [2.75, 3.05) is 13.7 Å². The molecule has 0 saturated carbocycles. The summed E-state index contributed by atoms with van der Waals surface area (Å²) in [5, 5.41) is 1.55. The van der Waals surface area contributed by atoms with E-state index in [1.165, 1.54) is 12.8 Å². The molecule has 0 unspecified atom stereocenters. The van der Waals surface area contributed by atoms with Gasteiger partial charge in [0.25, 0.3) is 0 Å². The van der Waals surface area contributed by atoms with Gasteiger partial charge in [0, 0.05) is 23.6 Å². The highest BCUT2D eigenvalue weighted by atomic mass is 35.5. The third-order valence-electron chi connectivity index (χ3n) is 3.20. The van der Waals surface area contributed by atoms with Crippen LogP contribution in [0.15, 0.2) is 24.3 Å². The molecule has 1 aromatic heterocycles. The molecule has 1 aromatic carbocycles. The fourth-order valence-corrected chi connectivity index (χ4v) is 2.23. The summed E-state index contributed by atoms with van der Waals surface area (Å²) < 4.78 is 10.8. The summed E-state index contributed by atoms with van der Waals surface area (Å²) in [6.07, 6.45) is 3.49. The Balaban J connectivity index is 2.08. The first-order valence-electron chi connectivity index (χ1n) is 6.95. The van der Waals surface area contributed by atoms with Crippen molar-refractivity contribution >= 4 is 22.5 Å². The van der Waals surface area contributed by atoms with E-state index in [1.807, 2.05) is 24.3 Å². The number of methoxy groups -OCH3 is 1. The van der Waals surface area contributed by atoms with Gasteiger partial charge in [-0.05, 0) is 24.6 Å². The van der Waals surface area contributed by atoms with Crippen LogP contribution in [0.4, 0.5) is 0 Å². The standard InChI is InChI=1S/C16H20ClNO2/c1-3-4-5-8-20-11-13-9-12-6-7-14(19-2)10-15(12)18-16(13)17/h6-7,9-10H,3-5,8,11H2,1-2H3. The van der Waals surface area contributed by atoms with Crippen molar-refractivity contribution in [1.29, 1.82) is 0 Å². The SMILES string of the molecule is CCCCCOCc1cc2ccc(OC)cc2nc1Cl. The summed E-state index contributed by atoms with van der Waals surface area (Å²) in [5.74, 6) is 0.782. The van der Waals surface area contributed by atoms with Gasteiger partial charge in [0.05, 0.1) is 19.2 Å². The van der Waals surface area contributed by atoms with Gasteiger partial charge in [-0.3, -0.25) is 0 Å². The Labute approximate surface area is 124 Å². The maximum atomic E-state index is 6.21. The van der Waals surface area contributed by atoms with Crippen molar-refractivity contribution in [2.45, 2.75) is 32.8 Å². The lowest BCUT2D eigenvalue weighted by molar-refractivity contribution is 0.117. The second-order valence-corrected chi connectivity index (χ2v) is 5.11. The average Bonchev–Trinajstić information content (AvgIpc) is 2.47. The van der Waals surface area contributed by atoms with Crippen LogP contribution < -0.4 is 4.74 Å². The van der Waals surface area contributed by atoms with Crippen LogP contribution in [0.5, 0.6) is 5.75 Å². The number of nitrogens with zero attached hydrogens (tertiary/aromatic N) is 1. The fourth-order valence-electron chi connectivity index (χ4n) is 2.03. The number of hydrogen-bond acceptors (Lipinski definition) is 3. The van der Waals surface area contributed by atoms with E-state index in [2.05, 4.69) is 11.9 Å². The predicted molar refractivity (Wildman–Crippen MR) is 82.5 cm³/mol. The zero-order chi connectivity index (χ0) is 14.4. The zero-order valence-corrected chi connectivity index (χ0v) is 12.7. The largest absolute Gasteiger partial charge is 0.497 e. The summed E-state index contributed by atoms with van der Waals surface area (Å²) >= 11 is 6.21. The molecule has 0 aliphatic carbocycles. The number of benzene rings is 1. The maximum Gasteiger partial charge on any atom is 0.135 e. The molecule has 0 radical (unpaired) electrons. The van der Waals surface area contributed by atoms with E-state index < -0.39 is 0 Å². The van der Waals surface area contributed by atoms with E-state index >= 15 is 0 Å². The molecular formula is C16H20ClNO2. The van der Waals surface area contributed by atoms with E-state index in [-0.39, 0.29) is 0 Å². The zero-order valence-electron chi connectivity index (χ0n) is 12.0. The molecule has 20 heavy (non-hydrogen) atoms. The molecule has 0 N–H and O–H groups in total. The van der Waals surface area contributed by atoms with Gasteiger partial charge in [0.15, 0.2) is 0 Å². The third kappa shape index (κ3) is 3.84. The lowest BCUT2D eigenvalue weighted by atomic mass is 10.1. The Morgan fingerprint density at radius 1 is 1.20 bits per heavy atom. The summed E-state index contributed by atoms with van der Waals surface area (Å²) in [4.78, 5) is 4.40. The molecule has 3 nitrogen and oxygen atoms in total. The fraction of sp³-hybridized carbons (Fsp3) is 0.438. The minimum absolute atomic E-state index is 0.501. The first-order chi connectivity index (χ1) is 9.74. The van der Waals surface area contributed by atoms with Crippen LogP contribution >= 0.6 is 11.6 Å². The smallest absolute Gasteiger partial charge is 0.135 e. The van der Waals surface area contributed by atoms with Crippen LogP contribution in [0.3, 0.4) is 0 Å². The van der Waals surface area contributed by atoms with Gasteiger partial charge in [-0.2, -0.15) is 0 Å². The van der Waals surface area contributed by atoms with Crippen LogP contribution in [0, 0.1) is 0 Å². The van der Waals surface area contributed by atoms with Crippen molar-refractivity contribution in [2.24, 2.45) is 0 Å². The first kappa shape index (κ1) is 15.1. The Hall–Kier alpha value is -1.32. The maximum absolute atomic E-state index is 6.21. The topological polar surface area (TPSA) is 31.4 Å². The molecule has 2 rings (SSSR count). The third-order valence-corrected chi connectivity index (χ3v) is 3.53. The number of rotatable bonds is 7.